The first-order chi connectivity index (χ1) is 14.4. The Hall–Kier alpha value is -2.82. The molecule has 0 amide bonds. The van der Waals surface area contributed by atoms with Crippen molar-refractivity contribution in [2.75, 3.05) is 25.0 Å². The fourth-order valence-electron chi connectivity index (χ4n) is 3.48. The molecule has 1 N–H and O–H groups in total. The Morgan fingerprint density at radius 3 is 2.77 bits per heavy atom. The lowest BCUT2D eigenvalue weighted by Gasteiger charge is -2.21. The first-order valence-electron chi connectivity index (χ1n) is 9.75. The average molecular weight is 428 g/mol. The lowest BCUT2D eigenvalue weighted by molar-refractivity contribution is 0.446. The molecule has 1 atom stereocenters. The standard InChI is InChI=1S/C20H25N7O2S/c1-25-14-17(12-22-25)19-8-10-21-20(23-19)27-11-9-18(15-27)24-30(28,29)26(2)13-16-6-4-3-5-7-16/h3-8,10,12,14,18,24H,9,11,13,15H2,1-2H3. The summed E-state index contributed by atoms with van der Waals surface area (Å²) in [5.74, 6) is 0.593. The largest absolute Gasteiger partial charge is 0.339 e. The molecule has 1 aromatic carbocycles. The van der Waals surface area contributed by atoms with Gasteiger partial charge in [-0.15, -0.1) is 0 Å². The quantitative estimate of drug-likeness (QED) is 0.613. The number of nitrogens with one attached hydrogen (secondary N) is 1. The van der Waals surface area contributed by atoms with Crippen molar-refractivity contribution in [1.29, 1.82) is 0 Å². The Labute approximate surface area is 176 Å². The molecule has 10 heteroatoms. The van der Waals surface area contributed by atoms with Crippen LogP contribution in [0.15, 0.2) is 55.0 Å². The minimum Gasteiger partial charge on any atom is -0.339 e. The number of hydrogen-bond acceptors (Lipinski definition) is 6. The van der Waals surface area contributed by atoms with Crippen LogP contribution in [0.2, 0.25) is 0 Å². The monoisotopic (exact) mass is 427 g/mol. The second-order valence-corrected chi connectivity index (χ2v) is 9.25. The molecule has 0 saturated carbocycles. The van der Waals surface area contributed by atoms with Gasteiger partial charge in [0, 0.05) is 57.7 Å². The Balaban J connectivity index is 1.39. The predicted molar refractivity (Wildman–Crippen MR) is 115 cm³/mol. The number of rotatable bonds is 7. The van der Waals surface area contributed by atoms with Crippen molar-refractivity contribution in [2.45, 2.75) is 19.0 Å². The number of benzene rings is 1. The van der Waals surface area contributed by atoms with Crippen molar-refractivity contribution in [2.24, 2.45) is 7.05 Å². The maximum absolute atomic E-state index is 12.7. The molecule has 9 nitrogen and oxygen atoms in total. The topological polar surface area (TPSA) is 96.3 Å². The molecule has 158 valence electrons. The Kier molecular flexibility index (Phi) is 5.80. The van der Waals surface area contributed by atoms with Crippen LogP contribution in [-0.2, 0) is 23.8 Å². The zero-order chi connectivity index (χ0) is 21.1. The smallest absolute Gasteiger partial charge is 0.279 e. The van der Waals surface area contributed by atoms with Crippen LogP contribution in [0.1, 0.15) is 12.0 Å². The van der Waals surface area contributed by atoms with Gasteiger partial charge in [0.25, 0.3) is 10.2 Å². The van der Waals surface area contributed by atoms with Crippen molar-refractivity contribution in [1.82, 2.24) is 28.8 Å². The Morgan fingerprint density at radius 2 is 2.03 bits per heavy atom. The molecular formula is C20H25N7O2S. The van der Waals surface area contributed by atoms with Crippen LogP contribution in [0, 0.1) is 0 Å². The van der Waals surface area contributed by atoms with E-state index in [9.17, 15) is 8.42 Å². The normalized spacial score (nSPS) is 17.0. The fourth-order valence-corrected chi connectivity index (χ4v) is 4.59. The van der Waals surface area contributed by atoms with Gasteiger partial charge in [-0.2, -0.15) is 22.5 Å². The molecule has 1 aliphatic rings. The molecule has 2 aromatic heterocycles. The van der Waals surface area contributed by atoms with Crippen LogP contribution in [0.5, 0.6) is 0 Å². The van der Waals surface area contributed by atoms with Gasteiger partial charge in [-0.05, 0) is 18.1 Å². The molecule has 30 heavy (non-hydrogen) atoms. The SMILES string of the molecule is CN(Cc1ccccc1)S(=O)(=O)NC1CCN(c2nccc(-c3cnn(C)c3)n2)C1. The number of aryl methyl sites for hydroxylation is 1. The summed E-state index contributed by atoms with van der Waals surface area (Å²) < 4.78 is 31.3. The highest BCUT2D eigenvalue weighted by molar-refractivity contribution is 7.87. The van der Waals surface area contributed by atoms with Crippen LogP contribution >= 0.6 is 0 Å². The molecule has 1 unspecified atom stereocenters. The van der Waals surface area contributed by atoms with Gasteiger partial charge in [0.2, 0.25) is 5.95 Å². The van der Waals surface area contributed by atoms with E-state index in [4.69, 9.17) is 0 Å². The van der Waals surface area contributed by atoms with Crippen LogP contribution in [-0.4, -0.2) is 58.7 Å². The third kappa shape index (κ3) is 4.66. The van der Waals surface area contributed by atoms with Gasteiger partial charge < -0.3 is 4.90 Å². The highest BCUT2D eigenvalue weighted by atomic mass is 32.2. The van der Waals surface area contributed by atoms with Crippen molar-refractivity contribution < 1.29 is 8.42 Å². The van der Waals surface area contributed by atoms with Gasteiger partial charge >= 0.3 is 0 Å². The highest BCUT2D eigenvalue weighted by Gasteiger charge is 2.29. The fraction of sp³-hybridized carbons (Fsp3) is 0.350. The number of aromatic nitrogens is 4. The highest BCUT2D eigenvalue weighted by Crippen LogP contribution is 2.21. The number of hydrogen-bond donors (Lipinski definition) is 1. The summed E-state index contributed by atoms with van der Waals surface area (Å²) in [5.41, 5.74) is 2.65. The van der Waals surface area contributed by atoms with Crippen molar-refractivity contribution in [3.05, 3.63) is 60.6 Å². The van der Waals surface area contributed by atoms with Gasteiger partial charge in [-0.1, -0.05) is 30.3 Å². The van der Waals surface area contributed by atoms with Crippen LogP contribution < -0.4 is 9.62 Å². The third-order valence-electron chi connectivity index (χ3n) is 5.09. The lowest BCUT2D eigenvalue weighted by atomic mass is 10.2. The molecule has 3 heterocycles. The molecule has 0 spiro atoms. The van der Waals surface area contributed by atoms with E-state index in [1.54, 1.807) is 24.1 Å². The summed E-state index contributed by atoms with van der Waals surface area (Å²) in [5, 5.41) is 4.18. The number of anilines is 1. The summed E-state index contributed by atoms with van der Waals surface area (Å²) in [4.78, 5) is 11.0. The van der Waals surface area contributed by atoms with E-state index >= 15 is 0 Å². The van der Waals surface area contributed by atoms with Gasteiger partial charge in [-0.3, -0.25) is 4.68 Å². The Morgan fingerprint density at radius 1 is 1.23 bits per heavy atom. The summed E-state index contributed by atoms with van der Waals surface area (Å²) in [6, 6.07) is 11.2. The molecule has 1 saturated heterocycles. The molecule has 0 bridgehead atoms. The first kappa shape index (κ1) is 20.5. The van der Waals surface area contributed by atoms with Crippen LogP contribution in [0.4, 0.5) is 5.95 Å². The number of nitrogens with zero attached hydrogens (tertiary/aromatic N) is 6. The van der Waals surface area contributed by atoms with Gasteiger partial charge in [0.15, 0.2) is 0 Å². The average Bonchev–Trinajstić information content (AvgIpc) is 3.38. The van der Waals surface area contributed by atoms with E-state index < -0.39 is 10.2 Å². The van der Waals surface area contributed by atoms with Crippen molar-refractivity contribution >= 4 is 16.2 Å². The second kappa shape index (κ2) is 8.50. The summed E-state index contributed by atoms with van der Waals surface area (Å²) in [6.45, 7) is 1.53. The summed E-state index contributed by atoms with van der Waals surface area (Å²) in [7, 11) is -0.147. The van der Waals surface area contributed by atoms with E-state index in [0.717, 1.165) is 16.8 Å². The van der Waals surface area contributed by atoms with E-state index in [2.05, 4.69) is 19.8 Å². The van der Waals surface area contributed by atoms with E-state index in [1.165, 1.54) is 4.31 Å². The maximum atomic E-state index is 12.7. The third-order valence-corrected chi connectivity index (χ3v) is 6.67. The van der Waals surface area contributed by atoms with E-state index in [0.29, 0.717) is 32.0 Å². The van der Waals surface area contributed by atoms with Gasteiger partial charge in [0.05, 0.1) is 11.9 Å². The van der Waals surface area contributed by atoms with Gasteiger partial charge in [-0.25, -0.2) is 9.97 Å². The summed E-state index contributed by atoms with van der Waals surface area (Å²) in [6.07, 6.45) is 6.07. The molecule has 0 aliphatic carbocycles. The lowest BCUT2D eigenvalue weighted by Crippen LogP contribution is -2.44. The molecule has 4 rings (SSSR count). The molecular weight excluding hydrogens is 402 g/mol. The summed E-state index contributed by atoms with van der Waals surface area (Å²) >= 11 is 0. The Bertz CT molecular complexity index is 1100. The molecule has 0 radical (unpaired) electrons. The van der Waals surface area contributed by atoms with E-state index in [1.807, 2.05) is 54.5 Å². The zero-order valence-corrected chi connectivity index (χ0v) is 17.8. The first-order valence-corrected chi connectivity index (χ1v) is 11.2. The maximum Gasteiger partial charge on any atom is 0.279 e. The van der Waals surface area contributed by atoms with E-state index in [-0.39, 0.29) is 6.04 Å². The molecule has 3 aromatic rings. The van der Waals surface area contributed by atoms with Crippen molar-refractivity contribution in [3.8, 4) is 11.3 Å². The van der Waals surface area contributed by atoms with Gasteiger partial charge in [0.1, 0.15) is 0 Å². The molecule has 1 aliphatic heterocycles. The second-order valence-electron chi connectivity index (χ2n) is 7.44. The van der Waals surface area contributed by atoms with Crippen LogP contribution in [0.3, 0.4) is 0 Å². The minimum absolute atomic E-state index is 0.195. The zero-order valence-electron chi connectivity index (χ0n) is 17.0. The van der Waals surface area contributed by atoms with Crippen LogP contribution in [0.25, 0.3) is 11.3 Å². The van der Waals surface area contributed by atoms with Crippen molar-refractivity contribution in [3.63, 3.8) is 0 Å². The molecule has 1 fully saturated rings. The predicted octanol–water partition coefficient (Wildman–Crippen LogP) is 1.42. The minimum atomic E-state index is -3.59.